The number of sulfone groups is 1. The van der Waals surface area contributed by atoms with E-state index < -0.39 is 9.84 Å². The maximum atomic E-state index is 11.2. The van der Waals surface area contributed by atoms with Crippen molar-refractivity contribution < 1.29 is 12.8 Å². The van der Waals surface area contributed by atoms with Crippen LogP contribution in [0.25, 0.3) is 0 Å². The van der Waals surface area contributed by atoms with Crippen molar-refractivity contribution in [2.24, 2.45) is 0 Å². The summed E-state index contributed by atoms with van der Waals surface area (Å²) in [5.41, 5.74) is 0.367. The molecule has 22 heavy (non-hydrogen) atoms. The van der Waals surface area contributed by atoms with Crippen LogP contribution in [0.1, 0.15) is 30.3 Å². The molecule has 0 amide bonds. The monoisotopic (exact) mass is 324 g/mol. The van der Waals surface area contributed by atoms with Gasteiger partial charge < -0.3 is 9.32 Å². The second kappa shape index (κ2) is 5.89. The van der Waals surface area contributed by atoms with Gasteiger partial charge in [0.15, 0.2) is 0 Å². The van der Waals surface area contributed by atoms with E-state index >= 15 is 0 Å². The molecule has 8 heteroatoms. The fourth-order valence-electron chi connectivity index (χ4n) is 2.59. The summed E-state index contributed by atoms with van der Waals surface area (Å²) in [6.07, 6.45) is 3.44. The van der Waals surface area contributed by atoms with E-state index in [9.17, 15) is 13.7 Å². The lowest BCUT2D eigenvalue weighted by Crippen LogP contribution is -2.47. The Morgan fingerprint density at radius 3 is 2.55 bits per heavy atom. The number of hydrogen-bond donors (Lipinski definition) is 0. The first-order chi connectivity index (χ1) is 10.5. The van der Waals surface area contributed by atoms with Crippen LogP contribution in [0.5, 0.6) is 0 Å². The third kappa shape index (κ3) is 3.59. The zero-order valence-electron chi connectivity index (χ0n) is 12.7. The molecule has 120 valence electrons. The average molecular weight is 324 g/mol. The summed E-state index contributed by atoms with van der Waals surface area (Å²) in [5, 5.41) is 9.21. The van der Waals surface area contributed by atoms with Crippen molar-refractivity contribution in [2.75, 3.05) is 49.6 Å². The molecule has 1 aliphatic heterocycles. The summed E-state index contributed by atoms with van der Waals surface area (Å²) >= 11 is 0. The number of aromatic nitrogens is 1. The van der Waals surface area contributed by atoms with Gasteiger partial charge >= 0.3 is 0 Å². The molecule has 0 unspecified atom stereocenters. The number of hydrogen-bond acceptors (Lipinski definition) is 7. The third-order valence-electron chi connectivity index (χ3n) is 4.10. The molecule has 0 spiro atoms. The van der Waals surface area contributed by atoms with Gasteiger partial charge in [-0.3, -0.25) is 4.90 Å². The van der Waals surface area contributed by atoms with E-state index in [2.05, 4.69) is 16.0 Å². The zero-order valence-corrected chi connectivity index (χ0v) is 13.5. The highest BCUT2D eigenvalue weighted by Gasteiger charge is 2.32. The van der Waals surface area contributed by atoms with Crippen LogP contribution >= 0.6 is 0 Å². The minimum atomic E-state index is -2.93. The van der Waals surface area contributed by atoms with E-state index in [4.69, 9.17) is 4.42 Å². The summed E-state index contributed by atoms with van der Waals surface area (Å²) in [7, 11) is -2.93. The first kappa shape index (κ1) is 15.3. The largest absolute Gasteiger partial charge is 0.423 e. The van der Waals surface area contributed by atoms with Gasteiger partial charge in [0.2, 0.25) is 17.5 Å². The van der Waals surface area contributed by atoms with Crippen molar-refractivity contribution >= 4 is 15.7 Å². The Hall–Kier alpha value is -1.59. The minimum absolute atomic E-state index is 0.185. The first-order valence-corrected chi connectivity index (χ1v) is 9.58. The van der Waals surface area contributed by atoms with Gasteiger partial charge in [-0.2, -0.15) is 5.26 Å². The van der Waals surface area contributed by atoms with Gasteiger partial charge in [0, 0.05) is 44.9 Å². The lowest BCUT2D eigenvalue weighted by Gasteiger charge is -2.34. The van der Waals surface area contributed by atoms with Crippen molar-refractivity contribution in [3.8, 4) is 6.07 Å². The molecule has 2 aliphatic rings. The van der Waals surface area contributed by atoms with Crippen LogP contribution in [0.15, 0.2) is 4.42 Å². The standard InChI is InChI=1S/C14H20N4O3S/c1-22(19,20)9-8-17-4-6-18(7-5-17)14-12(10-15)16-13(21-14)11-2-3-11/h11H,2-9H2,1H3. The molecule has 2 heterocycles. The molecule has 0 radical (unpaired) electrons. The third-order valence-corrected chi connectivity index (χ3v) is 5.02. The van der Waals surface area contributed by atoms with E-state index in [1.165, 1.54) is 6.26 Å². The van der Waals surface area contributed by atoms with Gasteiger partial charge in [-0.15, -0.1) is 0 Å². The van der Waals surface area contributed by atoms with E-state index in [1.807, 2.05) is 4.90 Å². The fourth-order valence-corrected chi connectivity index (χ4v) is 3.18. The van der Waals surface area contributed by atoms with Crippen LogP contribution in [-0.4, -0.2) is 63.0 Å². The molecule has 1 saturated carbocycles. The predicted octanol–water partition coefficient (Wildman–Crippen LogP) is 0.590. The van der Waals surface area contributed by atoms with Crippen LogP contribution in [0.2, 0.25) is 0 Å². The Morgan fingerprint density at radius 2 is 2.00 bits per heavy atom. The van der Waals surface area contributed by atoms with Crippen LogP contribution < -0.4 is 4.90 Å². The molecule has 0 bridgehead atoms. The molecular weight excluding hydrogens is 304 g/mol. The summed E-state index contributed by atoms with van der Waals surface area (Å²) in [6.45, 7) is 3.52. The van der Waals surface area contributed by atoms with Gasteiger partial charge in [0.1, 0.15) is 15.9 Å². The van der Waals surface area contributed by atoms with Crippen LogP contribution in [0.4, 0.5) is 5.88 Å². The van der Waals surface area contributed by atoms with E-state index in [0.29, 0.717) is 29.9 Å². The minimum Gasteiger partial charge on any atom is -0.423 e. The molecule has 1 aromatic rings. The molecule has 1 saturated heterocycles. The van der Waals surface area contributed by atoms with Crippen molar-refractivity contribution in [1.82, 2.24) is 9.88 Å². The Bertz CT molecular complexity index is 679. The van der Waals surface area contributed by atoms with E-state index in [1.54, 1.807) is 0 Å². The summed E-state index contributed by atoms with van der Waals surface area (Å²) in [6, 6.07) is 2.11. The second-order valence-corrected chi connectivity index (χ2v) is 8.31. The topological polar surface area (TPSA) is 90.4 Å². The van der Waals surface area contributed by atoms with E-state index in [0.717, 1.165) is 39.0 Å². The number of anilines is 1. The molecule has 1 aliphatic carbocycles. The number of nitriles is 1. The van der Waals surface area contributed by atoms with Crippen molar-refractivity contribution in [1.29, 1.82) is 5.26 Å². The van der Waals surface area contributed by atoms with Gasteiger partial charge in [0.25, 0.3) is 0 Å². The lowest BCUT2D eigenvalue weighted by molar-refractivity contribution is 0.266. The molecule has 0 atom stereocenters. The van der Waals surface area contributed by atoms with Crippen molar-refractivity contribution in [3.05, 3.63) is 11.6 Å². The smallest absolute Gasteiger partial charge is 0.234 e. The Balaban J connectivity index is 1.60. The van der Waals surface area contributed by atoms with Crippen LogP contribution in [-0.2, 0) is 9.84 Å². The molecule has 2 fully saturated rings. The molecule has 0 N–H and O–H groups in total. The Kier molecular flexibility index (Phi) is 4.10. The highest BCUT2D eigenvalue weighted by molar-refractivity contribution is 7.90. The molecule has 1 aromatic heterocycles. The molecular formula is C14H20N4O3S. The van der Waals surface area contributed by atoms with Crippen LogP contribution in [0.3, 0.4) is 0 Å². The molecule has 3 rings (SSSR count). The van der Waals surface area contributed by atoms with Gasteiger partial charge in [-0.05, 0) is 12.8 Å². The van der Waals surface area contributed by atoms with Crippen molar-refractivity contribution in [2.45, 2.75) is 18.8 Å². The van der Waals surface area contributed by atoms with Crippen molar-refractivity contribution in [3.63, 3.8) is 0 Å². The zero-order chi connectivity index (χ0) is 15.7. The molecule has 7 nitrogen and oxygen atoms in total. The highest BCUT2D eigenvalue weighted by atomic mass is 32.2. The highest BCUT2D eigenvalue weighted by Crippen LogP contribution is 2.41. The summed E-state index contributed by atoms with van der Waals surface area (Å²) < 4.78 is 28.2. The SMILES string of the molecule is CS(=O)(=O)CCN1CCN(c2oc(C3CC3)nc2C#N)CC1. The maximum absolute atomic E-state index is 11.2. The molecule has 0 aromatic carbocycles. The van der Waals surface area contributed by atoms with Crippen LogP contribution in [0, 0.1) is 11.3 Å². The number of nitrogens with zero attached hydrogens (tertiary/aromatic N) is 4. The number of rotatable bonds is 5. The summed E-state index contributed by atoms with van der Waals surface area (Å²) in [5.74, 6) is 1.83. The Labute approximate surface area is 130 Å². The first-order valence-electron chi connectivity index (χ1n) is 7.52. The normalized spacial score (nSPS) is 20.1. The number of oxazole rings is 1. The van der Waals surface area contributed by atoms with E-state index in [-0.39, 0.29) is 5.75 Å². The maximum Gasteiger partial charge on any atom is 0.234 e. The second-order valence-electron chi connectivity index (χ2n) is 6.05. The quantitative estimate of drug-likeness (QED) is 0.783. The average Bonchev–Trinajstić information content (AvgIpc) is 3.24. The predicted molar refractivity (Wildman–Crippen MR) is 81.6 cm³/mol. The Morgan fingerprint density at radius 1 is 1.32 bits per heavy atom. The fraction of sp³-hybridized carbons (Fsp3) is 0.714. The van der Waals surface area contributed by atoms with Gasteiger partial charge in [-0.25, -0.2) is 13.4 Å². The summed E-state index contributed by atoms with van der Waals surface area (Å²) in [4.78, 5) is 8.45. The lowest BCUT2D eigenvalue weighted by atomic mass is 10.3. The number of piperazine rings is 1. The van der Waals surface area contributed by atoms with Gasteiger partial charge in [-0.1, -0.05) is 0 Å². The van der Waals surface area contributed by atoms with Gasteiger partial charge in [0.05, 0.1) is 5.75 Å².